The number of hydrogen-bond donors (Lipinski definition) is 0. The van der Waals surface area contributed by atoms with Crippen molar-refractivity contribution < 1.29 is 28.6 Å². The first-order valence-corrected chi connectivity index (χ1v) is 24.0. The van der Waals surface area contributed by atoms with Crippen LogP contribution in [-0.4, -0.2) is 104 Å². The highest BCUT2D eigenvalue weighted by atomic mass is 16.5. The van der Waals surface area contributed by atoms with Crippen molar-refractivity contribution in [2.24, 2.45) is 5.10 Å². The summed E-state index contributed by atoms with van der Waals surface area (Å²) in [4.78, 5) is 56.0. The molecule has 0 bridgehead atoms. The van der Waals surface area contributed by atoms with Gasteiger partial charge in [-0.2, -0.15) is 5.10 Å². The number of benzene rings is 6. The summed E-state index contributed by atoms with van der Waals surface area (Å²) in [5.41, 5.74) is 6.94. The van der Waals surface area contributed by atoms with E-state index in [0.29, 0.717) is 63.7 Å². The summed E-state index contributed by atoms with van der Waals surface area (Å²) in [5.74, 6) is 0.852. The lowest BCUT2D eigenvalue weighted by Gasteiger charge is -2.42. The highest BCUT2D eigenvalue weighted by Crippen LogP contribution is 2.58. The Hall–Kier alpha value is -7.77. The standard InChI is InChI=1S/C56H53N7O6/c1-5-59(6-2)38-21-24-45-49(33-38)69-50-34-39(60(7-3)8-4)22-25-46(50)56(45)44-17-10-9-14-40(44)55(66)63(56)57-35-37-20-19-36-13-11-18-48(52(36)58-37)68-32-29-62-53(64)42-16-12-15-41-47(61-27-30-67-31-28-61)26-23-43(51(41)42)54(62)65/h9-26,33-35H,5-8,27-32H2,1-4H3/b57-35+. The highest BCUT2D eigenvalue weighted by molar-refractivity contribution is 6.26. The number of carbonyl (C=O) groups is 3. The third-order valence-corrected chi connectivity index (χ3v) is 14.1. The van der Waals surface area contributed by atoms with Crippen molar-refractivity contribution in [1.29, 1.82) is 0 Å². The molecule has 0 N–H and O–H groups in total. The van der Waals surface area contributed by atoms with Crippen molar-refractivity contribution in [1.82, 2.24) is 14.9 Å². The maximum Gasteiger partial charge on any atom is 0.275 e. The monoisotopic (exact) mass is 919 g/mol. The number of fused-ring (bicyclic) bond motifs is 7. The molecule has 0 atom stereocenters. The van der Waals surface area contributed by atoms with Crippen LogP contribution in [-0.2, 0) is 10.3 Å². The van der Waals surface area contributed by atoms with Gasteiger partial charge in [0, 0.05) is 118 Å². The van der Waals surface area contributed by atoms with E-state index in [1.807, 2.05) is 78.9 Å². The van der Waals surface area contributed by atoms with Crippen LogP contribution in [0.2, 0.25) is 0 Å². The van der Waals surface area contributed by atoms with Gasteiger partial charge in [0.25, 0.3) is 17.7 Å². The second kappa shape index (κ2) is 17.7. The Balaban J connectivity index is 0.916. The Morgan fingerprint density at radius 3 is 2.03 bits per heavy atom. The first-order chi connectivity index (χ1) is 33.8. The number of hydrazone groups is 1. The largest absolute Gasteiger partial charge is 0.489 e. The number of nitrogens with zero attached hydrogens (tertiary/aromatic N) is 7. The first kappa shape index (κ1) is 43.8. The second-order valence-corrected chi connectivity index (χ2v) is 17.6. The predicted octanol–water partition coefficient (Wildman–Crippen LogP) is 9.48. The fraction of sp³-hybridized carbons (Fsp3) is 0.268. The number of carbonyl (C=O) groups excluding carboxylic acids is 3. The van der Waals surface area contributed by atoms with Gasteiger partial charge in [-0.25, -0.2) is 9.99 Å². The van der Waals surface area contributed by atoms with Gasteiger partial charge in [-0.15, -0.1) is 0 Å². The molecule has 1 aromatic heterocycles. The van der Waals surface area contributed by atoms with Crippen molar-refractivity contribution in [2.45, 2.75) is 33.2 Å². The predicted molar refractivity (Wildman–Crippen MR) is 270 cm³/mol. The van der Waals surface area contributed by atoms with E-state index in [9.17, 15) is 14.4 Å². The lowest BCUT2D eigenvalue weighted by molar-refractivity contribution is 0.0586. The van der Waals surface area contributed by atoms with Crippen LogP contribution in [0.15, 0.2) is 126 Å². The lowest BCUT2D eigenvalue weighted by Crippen LogP contribution is -2.44. The molecule has 0 radical (unpaired) electrons. The molecule has 13 heteroatoms. The average molecular weight is 920 g/mol. The number of morpholine rings is 1. The quantitative estimate of drug-likeness (QED) is 0.0818. The van der Waals surface area contributed by atoms with E-state index in [1.54, 1.807) is 17.3 Å². The summed E-state index contributed by atoms with van der Waals surface area (Å²) >= 11 is 0. The van der Waals surface area contributed by atoms with Gasteiger partial charge in [-0.05, 0) is 76.2 Å². The van der Waals surface area contributed by atoms with Crippen LogP contribution in [0.1, 0.15) is 81.2 Å². The number of hydrogen-bond acceptors (Lipinski definition) is 11. The molecular formula is C56H53N7O6. The van der Waals surface area contributed by atoms with Crippen LogP contribution in [0.25, 0.3) is 21.7 Å². The normalized spacial score (nSPS) is 15.8. The molecule has 13 nitrogen and oxygen atoms in total. The molecule has 1 spiro atoms. The van der Waals surface area contributed by atoms with E-state index in [1.165, 1.54) is 4.90 Å². The number of aromatic nitrogens is 1. The van der Waals surface area contributed by atoms with Gasteiger partial charge in [-0.3, -0.25) is 19.3 Å². The zero-order chi connectivity index (χ0) is 47.4. The Bertz CT molecular complexity index is 3150. The number of imide groups is 1. The maximum atomic E-state index is 14.9. The molecule has 5 heterocycles. The highest BCUT2D eigenvalue weighted by Gasteiger charge is 2.57. The van der Waals surface area contributed by atoms with Crippen molar-refractivity contribution in [3.8, 4) is 17.2 Å². The molecule has 1 fully saturated rings. The van der Waals surface area contributed by atoms with Crippen LogP contribution in [0.5, 0.6) is 17.2 Å². The zero-order valence-electron chi connectivity index (χ0n) is 39.3. The Morgan fingerprint density at radius 2 is 1.33 bits per heavy atom. The molecule has 0 saturated carbocycles. The number of anilines is 3. The van der Waals surface area contributed by atoms with E-state index < -0.39 is 5.54 Å². The van der Waals surface area contributed by atoms with Crippen molar-refractivity contribution >= 4 is 62.7 Å². The Labute approximate surface area is 401 Å². The smallest absolute Gasteiger partial charge is 0.275 e. The third-order valence-electron chi connectivity index (χ3n) is 14.1. The SMILES string of the molecule is CCN(CC)c1ccc2c(c1)Oc1cc(N(CC)CC)ccc1C21c2ccccc2C(=O)N1/N=C/c1ccc2cccc(OCCN3C(=O)c4cccc5c(N6CCOCC6)ccc(c45)C3=O)c2n1. The average Bonchev–Trinajstić information content (AvgIpc) is 3.63. The lowest BCUT2D eigenvalue weighted by atomic mass is 9.75. The molecule has 1 saturated heterocycles. The van der Waals surface area contributed by atoms with Gasteiger partial charge in [0.2, 0.25) is 0 Å². The summed E-state index contributed by atoms with van der Waals surface area (Å²) in [7, 11) is 0. The van der Waals surface area contributed by atoms with Gasteiger partial charge >= 0.3 is 0 Å². The number of amides is 3. The van der Waals surface area contributed by atoms with Gasteiger partial charge < -0.3 is 28.9 Å². The third kappa shape index (κ3) is 7.05. The molecule has 0 aliphatic carbocycles. The fourth-order valence-corrected chi connectivity index (χ4v) is 10.7. The summed E-state index contributed by atoms with van der Waals surface area (Å²) in [6.07, 6.45) is 1.62. The topological polar surface area (TPSA) is 120 Å². The Kier molecular flexibility index (Phi) is 11.2. The van der Waals surface area contributed by atoms with E-state index in [0.717, 1.165) is 83.8 Å². The minimum Gasteiger partial charge on any atom is -0.489 e. The molecule has 0 unspecified atom stereocenters. The van der Waals surface area contributed by atoms with E-state index in [2.05, 4.69) is 78.8 Å². The van der Waals surface area contributed by atoms with Gasteiger partial charge in [0.1, 0.15) is 34.9 Å². The zero-order valence-corrected chi connectivity index (χ0v) is 39.3. The molecule has 4 aliphatic rings. The van der Waals surface area contributed by atoms with Gasteiger partial charge in [0.15, 0.2) is 0 Å². The van der Waals surface area contributed by atoms with Crippen molar-refractivity contribution in [3.63, 3.8) is 0 Å². The fourth-order valence-electron chi connectivity index (χ4n) is 10.7. The van der Waals surface area contributed by atoms with Crippen molar-refractivity contribution in [2.75, 3.05) is 80.3 Å². The molecule has 348 valence electrons. The first-order valence-electron chi connectivity index (χ1n) is 24.0. The Morgan fingerprint density at radius 1 is 0.681 bits per heavy atom. The molecular weight excluding hydrogens is 867 g/mol. The van der Waals surface area contributed by atoms with E-state index >= 15 is 0 Å². The van der Waals surface area contributed by atoms with Gasteiger partial charge in [-0.1, -0.05) is 60.7 Å². The molecule has 11 rings (SSSR count). The maximum absolute atomic E-state index is 14.9. The molecule has 4 aliphatic heterocycles. The minimum atomic E-state index is -1.16. The van der Waals surface area contributed by atoms with Crippen LogP contribution < -0.4 is 24.2 Å². The molecule has 3 amide bonds. The van der Waals surface area contributed by atoms with Crippen LogP contribution in [0, 0.1) is 0 Å². The van der Waals surface area contributed by atoms with Crippen LogP contribution >= 0.6 is 0 Å². The van der Waals surface area contributed by atoms with Crippen LogP contribution in [0.4, 0.5) is 17.1 Å². The van der Waals surface area contributed by atoms with E-state index in [4.69, 9.17) is 24.3 Å². The summed E-state index contributed by atoms with van der Waals surface area (Å²) in [5, 5.41) is 9.07. The molecule has 7 aromatic rings. The summed E-state index contributed by atoms with van der Waals surface area (Å²) in [6, 6.07) is 39.2. The summed E-state index contributed by atoms with van der Waals surface area (Å²) in [6.45, 7) is 14.7. The number of para-hydroxylation sites is 1. The van der Waals surface area contributed by atoms with Crippen molar-refractivity contribution in [3.05, 3.63) is 160 Å². The summed E-state index contributed by atoms with van der Waals surface area (Å²) < 4.78 is 18.8. The number of pyridine rings is 1. The van der Waals surface area contributed by atoms with Gasteiger partial charge in [0.05, 0.1) is 31.7 Å². The molecule has 69 heavy (non-hydrogen) atoms. The van der Waals surface area contributed by atoms with Crippen LogP contribution in [0.3, 0.4) is 0 Å². The minimum absolute atomic E-state index is 0.0372. The van der Waals surface area contributed by atoms with E-state index in [-0.39, 0.29) is 30.9 Å². The molecule has 6 aromatic carbocycles. The second-order valence-electron chi connectivity index (χ2n) is 17.6. The number of rotatable bonds is 13. The number of ether oxygens (including phenoxy) is 3.